The zero-order valence-corrected chi connectivity index (χ0v) is 14.8. The number of ether oxygens (including phenoxy) is 1. The largest absolute Gasteiger partial charge is 0.394 e. The third-order valence-electron chi connectivity index (χ3n) is 3.12. The Labute approximate surface area is 144 Å². The second-order valence-corrected chi connectivity index (χ2v) is 7.45. The Morgan fingerprint density at radius 3 is 2.09 bits per heavy atom. The molecule has 0 radical (unpaired) electrons. The Bertz CT molecular complexity index is 715. The van der Waals surface area contributed by atoms with Gasteiger partial charge in [-0.25, -0.2) is 13.1 Å². The van der Waals surface area contributed by atoms with Gasteiger partial charge in [0.25, 0.3) is 0 Å². The van der Waals surface area contributed by atoms with Crippen LogP contribution in [0.5, 0.6) is 0 Å². The van der Waals surface area contributed by atoms with Gasteiger partial charge in [0, 0.05) is 11.0 Å². The number of rotatable bonds is 8. The van der Waals surface area contributed by atoms with E-state index in [2.05, 4.69) is 20.7 Å². The summed E-state index contributed by atoms with van der Waals surface area (Å²) in [6.07, 6.45) is 0. The van der Waals surface area contributed by atoms with Crippen molar-refractivity contribution in [3.63, 3.8) is 0 Å². The van der Waals surface area contributed by atoms with Crippen LogP contribution in [0.2, 0.25) is 0 Å². The zero-order chi connectivity index (χ0) is 16.7. The molecule has 0 aliphatic rings. The van der Waals surface area contributed by atoms with Crippen molar-refractivity contribution in [2.45, 2.75) is 4.90 Å². The Hall–Kier alpha value is -1.25. The molecule has 0 amide bonds. The molecule has 5 nitrogen and oxygen atoms in total. The van der Waals surface area contributed by atoms with Crippen LogP contribution in [0.15, 0.2) is 57.9 Å². The van der Waals surface area contributed by atoms with Crippen LogP contribution >= 0.6 is 15.9 Å². The van der Waals surface area contributed by atoms with E-state index in [4.69, 9.17) is 9.84 Å². The molecule has 2 rings (SSSR count). The van der Waals surface area contributed by atoms with E-state index >= 15 is 0 Å². The molecular weight excluding hydrogens is 382 g/mol. The van der Waals surface area contributed by atoms with Gasteiger partial charge in [-0.1, -0.05) is 40.2 Å². The monoisotopic (exact) mass is 399 g/mol. The van der Waals surface area contributed by atoms with E-state index in [-0.39, 0.29) is 31.3 Å². The van der Waals surface area contributed by atoms with Crippen LogP contribution in [0.3, 0.4) is 0 Å². The minimum absolute atomic E-state index is 0.0791. The van der Waals surface area contributed by atoms with Crippen molar-refractivity contribution in [1.82, 2.24) is 4.72 Å². The number of hydrogen-bond acceptors (Lipinski definition) is 4. The first kappa shape index (κ1) is 18.1. The average Bonchev–Trinajstić information content (AvgIpc) is 2.55. The predicted molar refractivity (Wildman–Crippen MR) is 92.7 cm³/mol. The highest BCUT2D eigenvalue weighted by Gasteiger charge is 2.13. The van der Waals surface area contributed by atoms with Crippen molar-refractivity contribution >= 4 is 26.0 Å². The maximum Gasteiger partial charge on any atom is 0.240 e. The lowest BCUT2D eigenvalue weighted by molar-refractivity contribution is 0.0961. The Morgan fingerprint density at radius 1 is 0.957 bits per heavy atom. The molecule has 2 aromatic carbocycles. The van der Waals surface area contributed by atoms with E-state index < -0.39 is 10.0 Å². The zero-order valence-electron chi connectivity index (χ0n) is 12.4. The number of halogens is 1. The summed E-state index contributed by atoms with van der Waals surface area (Å²) in [4.78, 5) is 0.209. The molecule has 7 heteroatoms. The molecule has 23 heavy (non-hydrogen) atoms. The third-order valence-corrected chi connectivity index (χ3v) is 5.12. The highest BCUT2D eigenvalue weighted by Crippen LogP contribution is 2.23. The van der Waals surface area contributed by atoms with Crippen molar-refractivity contribution < 1.29 is 18.3 Å². The summed E-state index contributed by atoms with van der Waals surface area (Å²) < 4.78 is 32.7. The highest BCUT2D eigenvalue weighted by molar-refractivity contribution is 9.10. The summed E-state index contributed by atoms with van der Waals surface area (Å²) in [5, 5.41) is 8.57. The fourth-order valence-electron chi connectivity index (χ4n) is 1.97. The Kier molecular flexibility index (Phi) is 6.73. The second kappa shape index (κ2) is 8.56. The second-order valence-electron chi connectivity index (χ2n) is 4.77. The third kappa shape index (κ3) is 5.40. The molecule has 0 unspecified atom stereocenters. The van der Waals surface area contributed by atoms with Gasteiger partial charge in [-0.3, -0.25) is 0 Å². The van der Waals surface area contributed by atoms with Crippen molar-refractivity contribution in [1.29, 1.82) is 0 Å². The van der Waals surface area contributed by atoms with Crippen LogP contribution in [0.25, 0.3) is 11.1 Å². The van der Waals surface area contributed by atoms with E-state index in [0.717, 1.165) is 15.6 Å². The summed E-state index contributed by atoms with van der Waals surface area (Å²) in [5.41, 5.74) is 1.96. The van der Waals surface area contributed by atoms with Crippen LogP contribution in [0.4, 0.5) is 0 Å². The summed E-state index contributed by atoms with van der Waals surface area (Å²) in [6.45, 7) is 0.501. The molecule has 0 fully saturated rings. The molecule has 0 spiro atoms. The smallest absolute Gasteiger partial charge is 0.240 e. The van der Waals surface area contributed by atoms with E-state index in [1.807, 2.05) is 24.3 Å². The number of nitrogens with one attached hydrogen (secondary N) is 1. The SMILES string of the molecule is O=S(=O)(NCCOCCO)c1ccc(-c2ccc(Br)cc2)cc1. The molecule has 0 heterocycles. The molecule has 0 saturated carbocycles. The summed E-state index contributed by atoms with van der Waals surface area (Å²) in [6, 6.07) is 14.5. The summed E-state index contributed by atoms with van der Waals surface area (Å²) in [5.74, 6) is 0. The quantitative estimate of drug-likeness (QED) is 0.668. The first-order valence-corrected chi connectivity index (χ1v) is 9.35. The van der Waals surface area contributed by atoms with Crippen LogP contribution in [-0.2, 0) is 14.8 Å². The average molecular weight is 400 g/mol. The fraction of sp³-hybridized carbons (Fsp3) is 0.250. The van der Waals surface area contributed by atoms with Crippen LogP contribution < -0.4 is 4.72 Å². The number of aliphatic hydroxyl groups is 1. The molecule has 0 bridgehead atoms. The minimum Gasteiger partial charge on any atom is -0.394 e. The van der Waals surface area contributed by atoms with Gasteiger partial charge < -0.3 is 9.84 Å². The van der Waals surface area contributed by atoms with Gasteiger partial charge in [-0.05, 0) is 35.4 Å². The molecule has 2 N–H and O–H groups in total. The van der Waals surface area contributed by atoms with Gasteiger partial charge in [0.05, 0.1) is 24.7 Å². The number of sulfonamides is 1. The van der Waals surface area contributed by atoms with Gasteiger partial charge in [0.1, 0.15) is 0 Å². The highest BCUT2D eigenvalue weighted by atomic mass is 79.9. The van der Waals surface area contributed by atoms with E-state index in [0.29, 0.717) is 0 Å². The lowest BCUT2D eigenvalue weighted by Gasteiger charge is -2.08. The lowest BCUT2D eigenvalue weighted by atomic mass is 10.1. The van der Waals surface area contributed by atoms with Gasteiger partial charge >= 0.3 is 0 Å². The Morgan fingerprint density at radius 2 is 1.52 bits per heavy atom. The van der Waals surface area contributed by atoms with Crippen LogP contribution in [0.1, 0.15) is 0 Å². The van der Waals surface area contributed by atoms with E-state index in [9.17, 15) is 8.42 Å². The van der Waals surface area contributed by atoms with E-state index in [1.54, 1.807) is 24.3 Å². The normalized spacial score (nSPS) is 11.6. The Balaban J connectivity index is 2.02. The predicted octanol–water partition coefficient (Wildman–Crippen LogP) is 2.40. The van der Waals surface area contributed by atoms with Crippen molar-refractivity contribution in [3.8, 4) is 11.1 Å². The molecule has 2 aromatic rings. The molecule has 0 atom stereocenters. The molecule has 0 saturated heterocycles. The van der Waals surface area contributed by atoms with Crippen molar-refractivity contribution in [2.24, 2.45) is 0 Å². The molecule has 0 aliphatic carbocycles. The first-order valence-electron chi connectivity index (χ1n) is 7.07. The first-order chi connectivity index (χ1) is 11.0. The maximum atomic E-state index is 12.1. The van der Waals surface area contributed by atoms with E-state index in [1.165, 1.54) is 0 Å². The van der Waals surface area contributed by atoms with Gasteiger partial charge in [0.2, 0.25) is 10.0 Å². The summed E-state index contributed by atoms with van der Waals surface area (Å²) >= 11 is 3.38. The van der Waals surface area contributed by atoms with Gasteiger partial charge in [0.15, 0.2) is 0 Å². The maximum absolute atomic E-state index is 12.1. The van der Waals surface area contributed by atoms with Crippen molar-refractivity contribution in [2.75, 3.05) is 26.4 Å². The van der Waals surface area contributed by atoms with Crippen LogP contribution in [-0.4, -0.2) is 39.9 Å². The van der Waals surface area contributed by atoms with Gasteiger partial charge in [-0.15, -0.1) is 0 Å². The number of benzene rings is 2. The summed E-state index contributed by atoms with van der Waals surface area (Å²) in [7, 11) is -3.55. The minimum atomic E-state index is -3.55. The van der Waals surface area contributed by atoms with Gasteiger partial charge in [-0.2, -0.15) is 0 Å². The molecular formula is C16H18BrNO4S. The molecule has 0 aliphatic heterocycles. The standard InChI is InChI=1S/C16H18BrNO4S/c17-15-5-1-13(2-6-15)14-3-7-16(8-4-14)23(20,21)18-9-11-22-12-10-19/h1-8,18-19H,9-12H2. The lowest BCUT2D eigenvalue weighted by Crippen LogP contribution is -2.27. The van der Waals surface area contributed by atoms with Crippen LogP contribution in [0, 0.1) is 0 Å². The number of aliphatic hydroxyl groups excluding tert-OH is 1. The fourth-order valence-corrected chi connectivity index (χ4v) is 3.24. The molecule has 124 valence electrons. The number of hydrogen-bond donors (Lipinski definition) is 2. The molecule has 0 aromatic heterocycles. The van der Waals surface area contributed by atoms with Crippen molar-refractivity contribution in [3.05, 3.63) is 53.0 Å². The topological polar surface area (TPSA) is 75.6 Å².